The van der Waals surface area contributed by atoms with Gasteiger partial charge in [-0.15, -0.1) is 5.98 Å². The van der Waals surface area contributed by atoms with Gasteiger partial charge in [0.15, 0.2) is 0 Å². The molecule has 0 fully saturated rings. The summed E-state index contributed by atoms with van der Waals surface area (Å²) in [5.41, 5.74) is 0. The van der Waals surface area contributed by atoms with E-state index in [0.717, 1.165) is 13.8 Å². The number of nitrogens with one attached hydrogen (secondary N) is 2. The third-order valence-electron chi connectivity index (χ3n) is 2.98. The van der Waals surface area contributed by atoms with E-state index in [-0.39, 0.29) is 11.4 Å². The molecule has 0 spiro atoms. The third kappa shape index (κ3) is 18.4. The maximum absolute atomic E-state index is 11.5. The second-order valence-electron chi connectivity index (χ2n) is 6.76. The Balaban J connectivity index is 3.38. The molecule has 0 radical (unpaired) electrons. The van der Waals surface area contributed by atoms with Crippen molar-refractivity contribution in [3.05, 3.63) is 12.1 Å². The van der Waals surface area contributed by atoms with Crippen molar-refractivity contribution in [1.29, 1.82) is 0 Å². The molecule has 0 bridgehead atoms. The first-order valence-electron chi connectivity index (χ1n) is 9.03. The van der Waals surface area contributed by atoms with Crippen molar-refractivity contribution in [2.24, 2.45) is 0 Å². The summed E-state index contributed by atoms with van der Waals surface area (Å²) in [6, 6.07) is 0. The Morgan fingerprint density at radius 2 is 2.00 bits per heavy atom. The molecule has 0 aromatic carbocycles. The fourth-order valence-electron chi connectivity index (χ4n) is 1.79. The number of hydrogen-bond acceptors (Lipinski definition) is 7. The van der Waals surface area contributed by atoms with E-state index >= 15 is 0 Å². The zero-order valence-corrected chi connectivity index (χ0v) is 18.5. The molecular weight excluding hydrogens is 371 g/mol. The van der Waals surface area contributed by atoms with Gasteiger partial charge in [-0.1, -0.05) is 47.3 Å². The van der Waals surface area contributed by atoms with Gasteiger partial charge in [-0.25, -0.2) is 4.79 Å². The number of alkyl carbamates (subject to hydrolysis) is 1. The Bertz CT molecular complexity index is 386. The van der Waals surface area contributed by atoms with Gasteiger partial charge in [-0.3, -0.25) is 0 Å². The molecule has 2 N–H and O–H groups in total. The smallest absolute Gasteiger partial charge is 0.407 e. The van der Waals surface area contributed by atoms with Crippen molar-refractivity contribution < 1.29 is 19.0 Å². The molecule has 0 heterocycles. The van der Waals surface area contributed by atoms with E-state index in [4.69, 9.17) is 14.2 Å². The average molecular weight is 406 g/mol. The standard InChI is InChI=1S/C17H35BN2O4S2/c1-15(2)18-7-6-9-22-10-8-20-16(21)24-12-11-23-14-25-26-17(3,4)13-19-5/h6-7,15,18-19H,8-14H2,1-5H3,(H,20,21)/b7-6+. The van der Waals surface area contributed by atoms with E-state index in [2.05, 4.69) is 44.3 Å². The second kappa shape index (κ2) is 16.8. The highest BCUT2D eigenvalue weighted by Crippen LogP contribution is 2.34. The largest absolute Gasteiger partial charge is 0.447 e. The van der Waals surface area contributed by atoms with Crippen LogP contribution >= 0.6 is 21.6 Å². The minimum atomic E-state index is -0.440. The molecule has 0 saturated carbocycles. The third-order valence-corrected chi connectivity index (χ3v) is 5.96. The summed E-state index contributed by atoms with van der Waals surface area (Å²) >= 11 is 0. The summed E-state index contributed by atoms with van der Waals surface area (Å²) in [6.45, 7) is 11.8. The highest BCUT2D eigenvalue weighted by atomic mass is 33.1. The van der Waals surface area contributed by atoms with Crippen molar-refractivity contribution in [3.63, 3.8) is 0 Å². The fraction of sp³-hybridized carbons (Fsp3) is 0.824. The average Bonchev–Trinajstić information content (AvgIpc) is 2.56. The molecule has 0 aromatic rings. The predicted molar refractivity (Wildman–Crippen MR) is 116 cm³/mol. The first kappa shape index (κ1) is 25.7. The van der Waals surface area contributed by atoms with Gasteiger partial charge < -0.3 is 24.8 Å². The molecule has 1 amide bonds. The van der Waals surface area contributed by atoms with Gasteiger partial charge in [0.05, 0.1) is 19.8 Å². The van der Waals surface area contributed by atoms with Gasteiger partial charge in [0.2, 0.25) is 0 Å². The van der Waals surface area contributed by atoms with Crippen LogP contribution in [0.15, 0.2) is 12.1 Å². The van der Waals surface area contributed by atoms with Gasteiger partial charge in [0, 0.05) is 17.8 Å². The SMILES string of the molecule is CNCC(C)(C)SSCOCCOC(=O)NCCOC/C=C/BC(C)C. The summed E-state index contributed by atoms with van der Waals surface area (Å²) in [4.78, 5) is 11.5. The second-order valence-corrected chi connectivity index (χ2v) is 9.71. The first-order chi connectivity index (χ1) is 12.4. The van der Waals surface area contributed by atoms with E-state index in [1.54, 1.807) is 21.6 Å². The Morgan fingerprint density at radius 3 is 2.69 bits per heavy atom. The minimum absolute atomic E-state index is 0.158. The van der Waals surface area contributed by atoms with Crippen molar-refractivity contribution in [2.45, 2.75) is 38.3 Å². The number of carbonyl (C=O) groups is 1. The highest BCUT2D eigenvalue weighted by molar-refractivity contribution is 8.77. The Hall–Kier alpha value is -0.345. The summed E-state index contributed by atoms with van der Waals surface area (Å²) in [7, 11) is 6.45. The number of amides is 1. The van der Waals surface area contributed by atoms with Crippen molar-refractivity contribution in [1.82, 2.24) is 10.6 Å². The van der Waals surface area contributed by atoms with Gasteiger partial charge in [-0.2, -0.15) is 0 Å². The lowest BCUT2D eigenvalue weighted by atomic mass is 9.66. The summed E-state index contributed by atoms with van der Waals surface area (Å²) in [6.07, 6.45) is 1.57. The normalized spacial score (nSPS) is 11.9. The van der Waals surface area contributed by atoms with Crippen LogP contribution in [-0.4, -0.2) is 70.6 Å². The molecule has 6 nitrogen and oxygen atoms in total. The molecule has 152 valence electrons. The van der Waals surface area contributed by atoms with Crippen LogP contribution in [0.1, 0.15) is 27.7 Å². The monoisotopic (exact) mass is 406 g/mol. The van der Waals surface area contributed by atoms with Crippen LogP contribution in [0.4, 0.5) is 4.79 Å². The highest BCUT2D eigenvalue weighted by Gasteiger charge is 2.17. The van der Waals surface area contributed by atoms with Crippen LogP contribution in [0.5, 0.6) is 0 Å². The molecule has 0 aromatic heterocycles. The van der Waals surface area contributed by atoms with Crippen molar-refractivity contribution in [2.75, 3.05) is 52.5 Å². The van der Waals surface area contributed by atoms with Gasteiger partial charge in [-0.05, 0) is 20.9 Å². The Kier molecular flexibility index (Phi) is 16.6. The number of carbonyl (C=O) groups excluding carboxylic acids is 1. The molecule has 26 heavy (non-hydrogen) atoms. The van der Waals surface area contributed by atoms with Crippen molar-refractivity contribution in [3.8, 4) is 0 Å². The van der Waals surface area contributed by atoms with Gasteiger partial charge >= 0.3 is 6.09 Å². The number of hydrogen-bond donors (Lipinski definition) is 2. The van der Waals surface area contributed by atoms with E-state index in [1.165, 1.54) is 0 Å². The quantitative estimate of drug-likeness (QED) is 0.177. The topological polar surface area (TPSA) is 68.8 Å². The molecular formula is C17H35BN2O4S2. The lowest BCUT2D eigenvalue weighted by molar-refractivity contribution is 0.0906. The lowest BCUT2D eigenvalue weighted by Crippen LogP contribution is -2.29. The molecule has 0 rings (SSSR count). The van der Waals surface area contributed by atoms with E-state index < -0.39 is 6.09 Å². The first-order valence-corrected chi connectivity index (χ1v) is 11.4. The van der Waals surface area contributed by atoms with Crippen LogP contribution in [0, 0.1) is 0 Å². The van der Waals surface area contributed by atoms with Crippen LogP contribution in [0.2, 0.25) is 5.82 Å². The predicted octanol–water partition coefficient (Wildman–Crippen LogP) is 2.86. The molecule has 0 aliphatic heterocycles. The van der Waals surface area contributed by atoms with Crippen molar-refractivity contribution >= 4 is 35.0 Å². The van der Waals surface area contributed by atoms with E-state index in [0.29, 0.717) is 38.1 Å². The Morgan fingerprint density at radius 1 is 1.23 bits per heavy atom. The van der Waals surface area contributed by atoms with E-state index in [9.17, 15) is 4.79 Å². The molecule has 0 unspecified atom stereocenters. The Labute approximate surface area is 167 Å². The zero-order valence-electron chi connectivity index (χ0n) is 16.8. The van der Waals surface area contributed by atoms with E-state index in [1.807, 2.05) is 13.1 Å². The number of rotatable bonds is 16. The van der Waals surface area contributed by atoms with Gasteiger partial charge in [0.1, 0.15) is 19.8 Å². The van der Waals surface area contributed by atoms with Crippen LogP contribution in [0.3, 0.4) is 0 Å². The summed E-state index contributed by atoms with van der Waals surface area (Å²) in [5, 5.41) is 5.81. The van der Waals surface area contributed by atoms with Gasteiger partial charge in [0.25, 0.3) is 0 Å². The maximum Gasteiger partial charge on any atom is 0.407 e. The molecule has 0 aliphatic rings. The van der Waals surface area contributed by atoms with Crippen LogP contribution in [0.25, 0.3) is 0 Å². The fourth-order valence-corrected chi connectivity index (χ4v) is 4.03. The van der Waals surface area contributed by atoms with Crippen LogP contribution < -0.4 is 10.6 Å². The minimum Gasteiger partial charge on any atom is -0.447 e. The molecule has 0 aliphatic carbocycles. The zero-order chi connectivity index (χ0) is 19.7. The molecule has 0 saturated heterocycles. The molecule has 0 atom stereocenters. The molecule has 9 heteroatoms. The van der Waals surface area contributed by atoms with Crippen LogP contribution in [-0.2, 0) is 14.2 Å². The number of ether oxygens (including phenoxy) is 3. The maximum atomic E-state index is 11.5. The summed E-state index contributed by atoms with van der Waals surface area (Å²) in [5.74, 6) is 3.35. The lowest BCUT2D eigenvalue weighted by Gasteiger charge is -2.22. The summed E-state index contributed by atoms with van der Waals surface area (Å²) < 4.78 is 16.0.